The highest BCUT2D eigenvalue weighted by molar-refractivity contribution is 7.12. The molecule has 0 aliphatic carbocycles. The number of hydrogen-bond donors (Lipinski definition) is 2. The number of carbonyl (C=O) groups is 1. The van der Waals surface area contributed by atoms with Crippen LogP contribution in [0.15, 0.2) is 51.2 Å². The highest BCUT2D eigenvalue weighted by Crippen LogP contribution is 2.25. The molecule has 0 fully saturated rings. The summed E-state index contributed by atoms with van der Waals surface area (Å²) in [5, 5.41) is 9.09. The largest absolute Gasteiger partial charge is 0.463 e. The van der Waals surface area contributed by atoms with E-state index in [1.165, 1.54) is 22.3 Å². The molecule has 9 heteroatoms. The number of aryl methyl sites for hydroxylation is 1. The molecule has 0 radical (unpaired) electrons. The number of thiophene rings is 1. The average Bonchev–Trinajstić information content (AvgIpc) is 3.39. The summed E-state index contributed by atoms with van der Waals surface area (Å²) in [5.74, 6) is 0.837. The third-order valence-corrected chi connectivity index (χ3v) is 4.92. The van der Waals surface area contributed by atoms with Crippen molar-refractivity contribution in [3.8, 4) is 17.4 Å². The topological polar surface area (TPSA) is 106 Å². The number of furan rings is 1. The van der Waals surface area contributed by atoms with Crippen molar-refractivity contribution >= 4 is 23.1 Å². The Bertz CT molecular complexity index is 1160. The first-order valence-electron chi connectivity index (χ1n) is 8.09. The van der Waals surface area contributed by atoms with Crippen LogP contribution in [0.25, 0.3) is 17.4 Å². The molecule has 0 saturated carbocycles. The number of aromatic nitrogens is 4. The fraction of sp³-hybridized carbons (Fsp3) is 0.111. The molecule has 0 aliphatic rings. The molecule has 136 valence electrons. The van der Waals surface area contributed by atoms with Crippen molar-refractivity contribution in [2.24, 2.45) is 0 Å². The maximum atomic E-state index is 12.5. The van der Waals surface area contributed by atoms with Crippen LogP contribution in [0.4, 0.5) is 5.82 Å². The number of aromatic amines is 1. The van der Waals surface area contributed by atoms with Crippen molar-refractivity contribution in [3.05, 3.63) is 68.5 Å². The SMILES string of the molecule is Cc1nc(-n2nc(-c3ccco3)cc2NC(=O)c2cccs2)[nH]c(=O)c1C. The molecular weight excluding hydrogens is 366 g/mol. The lowest BCUT2D eigenvalue weighted by Crippen LogP contribution is -2.20. The van der Waals surface area contributed by atoms with Crippen molar-refractivity contribution in [1.82, 2.24) is 19.7 Å². The van der Waals surface area contributed by atoms with Gasteiger partial charge in [-0.05, 0) is 37.4 Å². The number of anilines is 1. The van der Waals surface area contributed by atoms with E-state index in [0.29, 0.717) is 33.4 Å². The van der Waals surface area contributed by atoms with Gasteiger partial charge in [0.2, 0.25) is 5.95 Å². The predicted octanol–water partition coefficient (Wildman–Crippen LogP) is 3.15. The van der Waals surface area contributed by atoms with E-state index >= 15 is 0 Å². The van der Waals surface area contributed by atoms with Gasteiger partial charge in [0.05, 0.1) is 11.1 Å². The molecule has 0 atom stereocenters. The fourth-order valence-electron chi connectivity index (χ4n) is 2.49. The number of rotatable bonds is 4. The molecule has 0 unspecified atom stereocenters. The molecule has 0 bridgehead atoms. The lowest BCUT2D eigenvalue weighted by atomic mass is 10.3. The molecule has 8 nitrogen and oxygen atoms in total. The van der Waals surface area contributed by atoms with Gasteiger partial charge < -0.3 is 9.73 Å². The van der Waals surface area contributed by atoms with Crippen molar-refractivity contribution in [1.29, 1.82) is 0 Å². The summed E-state index contributed by atoms with van der Waals surface area (Å²) in [6.07, 6.45) is 1.54. The Morgan fingerprint density at radius 2 is 2.15 bits per heavy atom. The molecule has 0 aliphatic heterocycles. The summed E-state index contributed by atoms with van der Waals surface area (Å²) in [6, 6.07) is 8.69. The van der Waals surface area contributed by atoms with E-state index in [1.54, 1.807) is 44.2 Å². The second-order valence-corrected chi connectivity index (χ2v) is 6.78. The second kappa shape index (κ2) is 6.69. The lowest BCUT2D eigenvalue weighted by Gasteiger charge is -2.08. The standard InChI is InChI=1S/C18H15N5O3S/c1-10-11(2)19-18(21-16(10)24)23-15(20-17(25)14-6-4-8-27-14)9-12(22-23)13-5-3-7-26-13/h3-9H,1-2H3,(H,20,25)(H,19,21,24). The minimum atomic E-state index is -0.275. The van der Waals surface area contributed by atoms with Crippen LogP contribution in [0.1, 0.15) is 20.9 Å². The molecule has 27 heavy (non-hydrogen) atoms. The third-order valence-electron chi connectivity index (χ3n) is 4.05. The van der Waals surface area contributed by atoms with Crippen LogP contribution in [-0.4, -0.2) is 25.7 Å². The van der Waals surface area contributed by atoms with E-state index in [1.807, 2.05) is 5.38 Å². The summed E-state index contributed by atoms with van der Waals surface area (Å²) in [5.41, 5.74) is 1.35. The van der Waals surface area contributed by atoms with E-state index in [0.717, 1.165) is 0 Å². The van der Waals surface area contributed by atoms with Crippen LogP contribution < -0.4 is 10.9 Å². The first kappa shape index (κ1) is 17.0. The Hall–Kier alpha value is -3.46. The zero-order valence-electron chi connectivity index (χ0n) is 14.5. The number of hydrogen-bond acceptors (Lipinski definition) is 6. The number of nitrogens with zero attached hydrogens (tertiary/aromatic N) is 3. The first-order chi connectivity index (χ1) is 13.0. The quantitative estimate of drug-likeness (QED) is 0.565. The van der Waals surface area contributed by atoms with E-state index in [2.05, 4.69) is 20.4 Å². The van der Waals surface area contributed by atoms with Crippen LogP contribution in [0.2, 0.25) is 0 Å². The third kappa shape index (κ3) is 3.20. The summed E-state index contributed by atoms with van der Waals surface area (Å²) in [7, 11) is 0. The molecule has 4 aromatic heterocycles. The number of amides is 1. The number of nitrogens with one attached hydrogen (secondary N) is 2. The monoisotopic (exact) mass is 381 g/mol. The molecule has 4 heterocycles. The molecule has 0 saturated heterocycles. The Labute approximate surface area is 157 Å². The minimum absolute atomic E-state index is 0.211. The zero-order chi connectivity index (χ0) is 19.0. The van der Waals surface area contributed by atoms with Crippen LogP contribution in [-0.2, 0) is 0 Å². The van der Waals surface area contributed by atoms with Crippen LogP contribution >= 0.6 is 11.3 Å². The van der Waals surface area contributed by atoms with Gasteiger partial charge in [0.15, 0.2) is 5.76 Å². The highest BCUT2D eigenvalue weighted by Gasteiger charge is 2.18. The Balaban J connectivity index is 1.81. The van der Waals surface area contributed by atoms with Crippen LogP contribution in [0.3, 0.4) is 0 Å². The van der Waals surface area contributed by atoms with Gasteiger partial charge in [0.25, 0.3) is 11.5 Å². The van der Waals surface area contributed by atoms with Crippen molar-refractivity contribution < 1.29 is 9.21 Å². The lowest BCUT2D eigenvalue weighted by molar-refractivity contribution is 0.103. The second-order valence-electron chi connectivity index (χ2n) is 5.84. The van der Waals surface area contributed by atoms with E-state index < -0.39 is 0 Å². The number of carbonyl (C=O) groups excluding carboxylic acids is 1. The van der Waals surface area contributed by atoms with Crippen LogP contribution in [0, 0.1) is 13.8 Å². The molecule has 2 N–H and O–H groups in total. The van der Waals surface area contributed by atoms with Crippen molar-refractivity contribution in [3.63, 3.8) is 0 Å². The summed E-state index contributed by atoms with van der Waals surface area (Å²) >= 11 is 1.33. The summed E-state index contributed by atoms with van der Waals surface area (Å²) in [6.45, 7) is 3.44. The zero-order valence-corrected chi connectivity index (χ0v) is 15.3. The normalized spacial score (nSPS) is 10.9. The molecule has 0 spiro atoms. The maximum Gasteiger partial charge on any atom is 0.266 e. The van der Waals surface area contributed by atoms with Gasteiger partial charge in [-0.15, -0.1) is 11.3 Å². The average molecular weight is 381 g/mol. The van der Waals surface area contributed by atoms with Gasteiger partial charge >= 0.3 is 0 Å². The van der Waals surface area contributed by atoms with Gasteiger partial charge in [-0.1, -0.05) is 6.07 Å². The van der Waals surface area contributed by atoms with Crippen LogP contribution in [0.5, 0.6) is 0 Å². The van der Waals surface area contributed by atoms with Gasteiger partial charge in [-0.25, -0.2) is 4.98 Å². The smallest absolute Gasteiger partial charge is 0.266 e. The van der Waals surface area contributed by atoms with E-state index in [4.69, 9.17) is 4.42 Å². The van der Waals surface area contributed by atoms with E-state index in [9.17, 15) is 9.59 Å². The maximum absolute atomic E-state index is 12.5. The Morgan fingerprint density at radius 1 is 1.30 bits per heavy atom. The molecule has 0 aromatic carbocycles. The van der Waals surface area contributed by atoms with Crippen molar-refractivity contribution in [2.45, 2.75) is 13.8 Å². The van der Waals surface area contributed by atoms with Gasteiger partial charge in [0.1, 0.15) is 11.5 Å². The van der Waals surface area contributed by atoms with E-state index in [-0.39, 0.29) is 17.4 Å². The summed E-state index contributed by atoms with van der Waals surface area (Å²) in [4.78, 5) is 32.3. The number of H-pyrrole nitrogens is 1. The highest BCUT2D eigenvalue weighted by atomic mass is 32.1. The van der Waals surface area contributed by atoms with Crippen molar-refractivity contribution in [2.75, 3.05) is 5.32 Å². The summed E-state index contributed by atoms with van der Waals surface area (Å²) < 4.78 is 6.77. The predicted molar refractivity (Wildman–Crippen MR) is 101 cm³/mol. The Morgan fingerprint density at radius 3 is 2.81 bits per heavy atom. The van der Waals surface area contributed by atoms with Gasteiger partial charge in [-0.2, -0.15) is 9.78 Å². The molecule has 4 aromatic rings. The molecule has 1 amide bonds. The van der Waals surface area contributed by atoms with Gasteiger partial charge in [-0.3, -0.25) is 14.6 Å². The minimum Gasteiger partial charge on any atom is -0.463 e. The molecule has 4 rings (SSSR count). The Kier molecular flexibility index (Phi) is 4.21. The fourth-order valence-corrected chi connectivity index (χ4v) is 3.11. The first-order valence-corrected chi connectivity index (χ1v) is 8.97. The molecular formula is C18H15N5O3S. The van der Waals surface area contributed by atoms with Gasteiger partial charge in [0, 0.05) is 17.3 Å².